The van der Waals surface area contributed by atoms with Crippen molar-refractivity contribution in [3.05, 3.63) is 87.8 Å². The molecule has 3 aromatic carbocycles. The van der Waals surface area contributed by atoms with Crippen LogP contribution in [0.3, 0.4) is 0 Å². The van der Waals surface area contributed by atoms with E-state index in [1.54, 1.807) is 18.2 Å². The van der Waals surface area contributed by atoms with Crippen molar-refractivity contribution in [2.24, 2.45) is 0 Å². The molecule has 10 heteroatoms. The molecule has 1 aliphatic rings. The maximum absolute atomic E-state index is 12.9. The summed E-state index contributed by atoms with van der Waals surface area (Å²) in [5.41, 5.74) is 1.87. The summed E-state index contributed by atoms with van der Waals surface area (Å²) in [5.74, 6) is -0.396. The molecular formula is C22H19ClN2O5S2. The van der Waals surface area contributed by atoms with Gasteiger partial charge >= 0.3 is 0 Å². The Morgan fingerprint density at radius 1 is 0.812 bits per heavy atom. The lowest BCUT2D eigenvalue weighted by molar-refractivity contribution is 0.477. The minimum Gasteiger partial charge on any atom is -0.506 e. The monoisotopic (exact) mass is 490 g/mol. The predicted octanol–water partition coefficient (Wildman–Crippen LogP) is 4.58. The van der Waals surface area contributed by atoms with E-state index >= 15 is 0 Å². The average molecular weight is 491 g/mol. The predicted molar refractivity (Wildman–Crippen MR) is 126 cm³/mol. The highest BCUT2D eigenvalue weighted by Crippen LogP contribution is 2.32. The standard InChI is InChI=1S/C22H19ClN2O5S2/c23-17-6-3-7-18(13-17)24-31(27,28)20-10-11-22(26)21(14-20)25-32(29,30)19-9-8-15-4-1-2-5-16(15)12-19/h1-7,10-14,24-26H,8-9H2. The van der Waals surface area contributed by atoms with Gasteiger partial charge in [-0.3, -0.25) is 9.44 Å². The molecule has 4 rings (SSSR count). The number of allylic oxidation sites excluding steroid dienone is 1. The highest BCUT2D eigenvalue weighted by Gasteiger charge is 2.24. The normalized spacial score (nSPS) is 13.7. The summed E-state index contributed by atoms with van der Waals surface area (Å²) in [4.78, 5) is -0.0724. The number of benzene rings is 3. The number of halogens is 1. The zero-order chi connectivity index (χ0) is 22.9. The highest BCUT2D eigenvalue weighted by atomic mass is 35.5. The molecule has 0 radical (unpaired) electrons. The van der Waals surface area contributed by atoms with E-state index in [-0.39, 0.29) is 21.2 Å². The van der Waals surface area contributed by atoms with Crippen LogP contribution in [0.25, 0.3) is 6.08 Å². The third kappa shape index (κ3) is 4.74. The molecule has 0 spiro atoms. The molecule has 0 atom stereocenters. The number of hydrogen-bond acceptors (Lipinski definition) is 5. The summed E-state index contributed by atoms with van der Waals surface area (Å²) in [6.45, 7) is 0. The Labute approximate surface area is 191 Å². The Balaban J connectivity index is 1.63. The first-order valence-electron chi connectivity index (χ1n) is 9.57. The number of nitrogens with one attached hydrogen (secondary N) is 2. The van der Waals surface area contributed by atoms with Crippen molar-refractivity contribution in [1.29, 1.82) is 0 Å². The molecule has 3 N–H and O–H groups in total. The number of sulfonamides is 2. The number of fused-ring (bicyclic) bond motifs is 1. The van der Waals surface area contributed by atoms with Gasteiger partial charge in [0.05, 0.1) is 21.2 Å². The Morgan fingerprint density at radius 2 is 1.59 bits per heavy atom. The summed E-state index contributed by atoms with van der Waals surface area (Å²) in [7, 11) is -8.07. The quantitative estimate of drug-likeness (QED) is 0.438. The largest absolute Gasteiger partial charge is 0.506 e. The van der Waals surface area contributed by atoms with Crippen molar-refractivity contribution in [1.82, 2.24) is 0 Å². The molecule has 0 amide bonds. The first-order valence-corrected chi connectivity index (χ1v) is 12.9. The fraction of sp³-hybridized carbons (Fsp3) is 0.0909. The van der Waals surface area contributed by atoms with Gasteiger partial charge in [0.1, 0.15) is 5.75 Å². The van der Waals surface area contributed by atoms with Gasteiger partial charge in [-0.05, 0) is 66.4 Å². The van der Waals surface area contributed by atoms with Crippen LogP contribution in [0.15, 0.2) is 76.5 Å². The van der Waals surface area contributed by atoms with Gasteiger partial charge in [0, 0.05) is 5.02 Å². The van der Waals surface area contributed by atoms with Gasteiger partial charge in [-0.25, -0.2) is 16.8 Å². The van der Waals surface area contributed by atoms with Gasteiger partial charge in [0.15, 0.2) is 0 Å². The van der Waals surface area contributed by atoms with Crippen LogP contribution in [-0.4, -0.2) is 21.9 Å². The molecule has 0 aliphatic heterocycles. The second-order valence-electron chi connectivity index (χ2n) is 7.21. The van der Waals surface area contributed by atoms with Crippen molar-refractivity contribution < 1.29 is 21.9 Å². The van der Waals surface area contributed by atoms with Gasteiger partial charge in [0.2, 0.25) is 0 Å². The first kappa shape index (κ1) is 22.2. The maximum atomic E-state index is 12.9. The van der Waals surface area contributed by atoms with Crippen LogP contribution in [0.1, 0.15) is 17.5 Å². The van der Waals surface area contributed by atoms with E-state index in [2.05, 4.69) is 9.44 Å². The first-order chi connectivity index (χ1) is 15.1. The second-order valence-corrected chi connectivity index (χ2v) is 11.1. The molecule has 7 nitrogen and oxygen atoms in total. The molecule has 0 aromatic heterocycles. The smallest absolute Gasteiger partial charge is 0.261 e. The number of rotatable bonds is 6. The lowest BCUT2D eigenvalue weighted by Crippen LogP contribution is -2.18. The second kappa shape index (κ2) is 8.50. The Morgan fingerprint density at radius 3 is 2.38 bits per heavy atom. The van der Waals surface area contributed by atoms with Crippen LogP contribution in [0.5, 0.6) is 5.75 Å². The summed E-state index contributed by atoms with van der Waals surface area (Å²) >= 11 is 5.89. The fourth-order valence-electron chi connectivity index (χ4n) is 3.36. The minimum atomic E-state index is -4.06. The van der Waals surface area contributed by atoms with Crippen LogP contribution >= 0.6 is 11.6 Å². The van der Waals surface area contributed by atoms with Gasteiger partial charge in [-0.1, -0.05) is 41.9 Å². The number of aryl methyl sites for hydroxylation is 1. The summed E-state index contributed by atoms with van der Waals surface area (Å²) in [6, 6.07) is 17.0. The van der Waals surface area contributed by atoms with E-state index in [0.717, 1.165) is 23.3 Å². The average Bonchev–Trinajstić information content (AvgIpc) is 2.74. The van der Waals surface area contributed by atoms with Gasteiger partial charge < -0.3 is 5.11 Å². The van der Waals surface area contributed by atoms with Gasteiger partial charge in [0.25, 0.3) is 20.0 Å². The summed E-state index contributed by atoms with van der Waals surface area (Å²) in [6.07, 6.45) is 2.44. The van der Waals surface area contributed by atoms with E-state index in [1.807, 2.05) is 24.3 Å². The Bertz CT molecular complexity index is 1430. The van der Waals surface area contributed by atoms with E-state index in [1.165, 1.54) is 18.2 Å². The SMILES string of the molecule is O=S(=O)(Nc1cc(S(=O)(=O)Nc2cccc(Cl)c2)ccc1O)C1=Cc2ccccc2CC1. The van der Waals surface area contributed by atoms with Crippen molar-refractivity contribution in [2.75, 3.05) is 9.44 Å². The third-order valence-corrected chi connectivity index (χ3v) is 8.07. The van der Waals surface area contributed by atoms with Crippen LogP contribution in [0, 0.1) is 0 Å². The van der Waals surface area contributed by atoms with Gasteiger partial charge in [-0.2, -0.15) is 0 Å². The highest BCUT2D eigenvalue weighted by molar-refractivity contribution is 7.96. The zero-order valence-electron chi connectivity index (χ0n) is 16.6. The number of anilines is 2. The molecule has 1 aliphatic carbocycles. The molecule has 166 valence electrons. The van der Waals surface area contributed by atoms with Gasteiger partial charge in [-0.15, -0.1) is 0 Å². The molecule has 3 aromatic rings. The van der Waals surface area contributed by atoms with E-state index in [0.29, 0.717) is 17.9 Å². The summed E-state index contributed by atoms with van der Waals surface area (Å²) < 4.78 is 56.1. The molecule has 0 bridgehead atoms. The maximum Gasteiger partial charge on any atom is 0.261 e. The lowest BCUT2D eigenvalue weighted by Gasteiger charge is -2.18. The fourth-order valence-corrected chi connectivity index (χ4v) is 5.86. The molecule has 0 fully saturated rings. The van der Waals surface area contributed by atoms with Crippen LogP contribution < -0.4 is 9.44 Å². The molecule has 0 unspecified atom stereocenters. The lowest BCUT2D eigenvalue weighted by atomic mass is 9.98. The Hall–Kier alpha value is -3.01. The number of phenols is 1. The number of hydrogen-bond donors (Lipinski definition) is 3. The zero-order valence-corrected chi connectivity index (χ0v) is 19.0. The van der Waals surface area contributed by atoms with E-state index in [9.17, 15) is 21.9 Å². The van der Waals surface area contributed by atoms with Crippen LogP contribution in [0.4, 0.5) is 11.4 Å². The Kier molecular flexibility index (Phi) is 5.89. The molecule has 0 heterocycles. The third-order valence-electron chi connectivity index (χ3n) is 4.96. The molecular weight excluding hydrogens is 472 g/mol. The van der Waals surface area contributed by atoms with Crippen molar-refractivity contribution in [2.45, 2.75) is 17.7 Å². The number of aromatic hydroxyl groups is 1. The summed E-state index contributed by atoms with van der Waals surface area (Å²) in [5, 5.41) is 10.5. The molecule has 0 saturated heterocycles. The van der Waals surface area contributed by atoms with E-state index in [4.69, 9.17) is 11.6 Å². The molecule has 0 saturated carbocycles. The number of phenolic OH excluding ortho intramolecular Hbond substituents is 1. The van der Waals surface area contributed by atoms with Crippen molar-refractivity contribution in [3.63, 3.8) is 0 Å². The van der Waals surface area contributed by atoms with Crippen molar-refractivity contribution >= 4 is 49.1 Å². The van der Waals surface area contributed by atoms with Crippen LogP contribution in [-0.2, 0) is 26.5 Å². The van der Waals surface area contributed by atoms with Crippen LogP contribution in [0.2, 0.25) is 5.02 Å². The van der Waals surface area contributed by atoms with E-state index < -0.39 is 25.8 Å². The minimum absolute atomic E-state index is 0.154. The molecule has 32 heavy (non-hydrogen) atoms. The topological polar surface area (TPSA) is 113 Å². The van der Waals surface area contributed by atoms with Crippen molar-refractivity contribution in [3.8, 4) is 5.75 Å².